The second kappa shape index (κ2) is 18.3. The topological polar surface area (TPSA) is 162 Å². The van der Waals surface area contributed by atoms with Crippen molar-refractivity contribution in [2.75, 3.05) is 19.8 Å². The van der Waals surface area contributed by atoms with Crippen LogP contribution in [0.5, 0.6) is 0 Å². The van der Waals surface area contributed by atoms with Crippen molar-refractivity contribution in [2.45, 2.75) is 119 Å². The fourth-order valence-corrected chi connectivity index (χ4v) is 13.4. The third kappa shape index (κ3) is 10.4. The Labute approximate surface area is 360 Å². The van der Waals surface area contributed by atoms with Crippen molar-refractivity contribution in [2.24, 2.45) is 34.5 Å². The number of carbonyl (C=O) groups is 3. The number of aryl methyl sites for hydroxylation is 2. The van der Waals surface area contributed by atoms with Gasteiger partial charge in [-0.1, -0.05) is 59.7 Å². The van der Waals surface area contributed by atoms with Gasteiger partial charge >= 0.3 is 28.4 Å². The average Bonchev–Trinajstić information content (AvgIpc) is 3.20. The van der Waals surface area contributed by atoms with Crippen molar-refractivity contribution in [3.63, 3.8) is 0 Å². The molecule has 0 spiro atoms. The molecule has 8 aliphatic carbocycles. The summed E-state index contributed by atoms with van der Waals surface area (Å²) in [6.45, 7) is 3.33. The van der Waals surface area contributed by atoms with Gasteiger partial charge in [0.2, 0.25) is 0 Å². The Morgan fingerprint density at radius 1 is 0.623 bits per heavy atom. The lowest BCUT2D eigenvalue weighted by Crippen LogP contribution is -2.55. The summed E-state index contributed by atoms with van der Waals surface area (Å²) in [4.78, 5) is 35.1. The molecule has 61 heavy (non-hydrogen) atoms. The Kier molecular flexibility index (Phi) is 13.8. The van der Waals surface area contributed by atoms with Gasteiger partial charge in [-0.2, -0.15) is 26.2 Å². The summed E-state index contributed by atoms with van der Waals surface area (Å²) in [6, 6.07) is 17.5. The van der Waals surface area contributed by atoms with E-state index in [9.17, 15) is 42.5 Å². The number of hydrogen-bond donors (Lipinski definition) is 0. The molecular formula is C43H50F4O12S2-2. The highest BCUT2D eigenvalue weighted by atomic mass is 32.2. The van der Waals surface area contributed by atoms with E-state index >= 15 is 0 Å². The molecule has 0 amide bonds. The van der Waals surface area contributed by atoms with Crippen LogP contribution >= 0.6 is 24.1 Å². The van der Waals surface area contributed by atoms with Crippen LogP contribution in [-0.4, -0.2) is 48.2 Å². The van der Waals surface area contributed by atoms with Crippen LogP contribution in [0.25, 0.3) is 0 Å². The molecule has 18 heteroatoms. The number of benzene rings is 2. The molecule has 2 aromatic carbocycles. The fourth-order valence-electron chi connectivity index (χ4n) is 13.0. The summed E-state index contributed by atoms with van der Waals surface area (Å²) in [5.41, 5.74) is 5.31. The molecule has 8 saturated carbocycles. The summed E-state index contributed by atoms with van der Waals surface area (Å²) >= 11 is -1.45. The van der Waals surface area contributed by atoms with E-state index in [0.717, 1.165) is 51.4 Å². The van der Waals surface area contributed by atoms with E-state index in [4.69, 9.17) is 9.47 Å². The van der Waals surface area contributed by atoms with Gasteiger partial charge in [-0.3, -0.25) is 10.1 Å². The minimum atomic E-state index is -4.19. The van der Waals surface area contributed by atoms with Gasteiger partial charge in [0, 0.05) is 5.41 Å². The van der Waals surface area contributed by atoms with Crippen LogP contribution in [-0.2, 0) is 58.2 Å². The van der Waals surface area contributed by atoms with E-state index < -0.39 is 59.1 Å². The maximum Gasteiger partial charge on any atom is 0.415 e. The Bertz CT molecular complexity index is 1850. The van der Waals surface area contributed by atoms with Gasteiger partial charge in [-0.05, 0) is 148 Å². The number of esters is 3. The number of halogens is 4. The summed E-state index contributed by atoms with van der Waals surface area (Å²) in [7, 11) is 0. The van der Waals surface area contributed by atoms with Crippen LogP contribution in [0.3, 0.4) is 0 Å². The Morgan fingerprint density at radius 2 is 1.03 bits per heavy atom. The zero-order valence-electron chi connectivity index (χ0n) is 34.0. The molecule has 0 aliphatic heterocycles. The quantitative estimate of drug-likeness (QED) is 0.0381. The summed E-state index contributed by atoms with van der Waals surface area (Å²) < 4.78 is 75.4. The average molecular weight is 899 g/mol. The van der Waals surface area contributed by atoms with Gasteiger partial charge in [-0.15, -0.1) is 0 Å². The van der Waals surface area contributed by atoms with Crippen LogP contribution in [0.4, 0.5) is 17.6 Å². The van der Waals surface area contributed by atoms with Crippen LogP contribution in [0.2, 0.25) is 0 Å². The second-order valence-corrected chi connectivity index (χ2v) is 20.4. The second-order valence-electron chi connectivity index (χ2n) is 18.8. The first kappa shape index (κ1) is 46.0. The zero-order chi connectivity index (χ0) is 43.7. The first-order valence-electron chi connectivity index (χ1n) is 20.6. The molecule has 0 heterocycles. The highest BCUT2D eigenvalue weighted by Crippen LogP contribution is 2.67. The van der Waals surface area contributed by atoms with Crippen molar-refractivity contribution in [1.82, 2.24) is 0 Å². The normalized spacial score (nSPS) is 31.9. The highest BCUT2D eigenvalue weighted by Gasteiger charge is 2.60. The van der Waals surface area contributed by atoms with Crippen molar-refractivity contribution < 1.29 is 75.4 Å². The predicted octanol–water partition coefficient (Wildman–Crippen LogP) is 7.61. The Morgan fingerprint density at radius 3 is 1.48 bits per heavy atom. The summed E-state index contributed by atoms with van der Waals surface area (Å²) in [5.74, 6) is -2.18. The van der Waals surface area contributed by atoms with Gasteiger partial charge in [-0.25, -0.2) is 14.4 Å². The highest BCUT2D eigenvalue weighted by molar-refractivity contribution is 7.96. The molecule has 4 unspecified atom stereocenters. The van der Waals surface area contributed by atoms with Crippen molar-refractivity contribution >= 4 is 42.0 Å². The van der Waals surface area contributed by atoms with E-state index in [1.54, 1.807) is 0 Å². The molecule has 8 bridgehead atoms. The minimum absolute atomic E-state index is 0.0340. The molecule has 0 radical (unpaired) electrons. The molecule has 0 saturated heterocycles. The van der Waals surface area contributed by atoms with E-state index in [1.807, 2.05) is 0 Å². The number of hydrogen-bond acceptors (Lipinski definition) is 14. The molecule has 12 nitrogen and oxygen atoms in total. The molecule has 8 aliphatic rings. The molecular weight excluding hydrogens is 849 g/mol. The zero-order valence-corrected chi connectivity index (χ0v) is 35.6. The van der Waals surface area contributed by atoms with Gasteiger partial charge in [0.15, 0.2) is 6.61 Å². The van der Waals surface area contributed by atoms with Crippen molar-refractivity contribution in [1.29, 1.82) is 0 Å². The Balaban J connectivity index is 0.000000185. The fraction of sp³-hybridized carbons (Fsp3) is 0.651. The van der Waals surface area contributed by atoms with E-state index in [2.05, 4.69) is 85.9 Å². The van der Waals surface area contributed by atoms with Crippen molar-refractivity contribution in [3.05, 3.63) is 70.8 Å². The molecule has 4 atom stereocenters. The molecule has 10 rings (SSSR count). The van der Waals surface area contributed by atoms with Crippen LogP contribution < -0.4 is 10.5 Å². The minimum Gasteiger partial charge on any atom is -0.691 e. The largest absolute Gasteiger partial charge is 0.691 e. The maximum absolute atomic E-state index is 13.5. The van der Waals surface area contributed by atoms with E-state index in [0.29, 0.717) is 30.1 Å². The van der Waals surface area contributed by atoms with Crippen LogP contribution in [0.15, 0.2) is 48.5 Å². The van der Waals surface area contributed by atoms with Gasteiger partial charge < -0.3 is 24.7 Å². The van der Waals surface area contributed by atoms with E-state index in [-0.39, 0.29) is 34.9 Å². The molecule has 0 aromatic heterocycles. The van der Waals surface area contributed by atoms with Crippen molar-refractivity contribution in [3.8, 4) is 0 Å². The summed E-state index contributed by atoms with van der Waals surface area (Å²) in [6.07, 6.45) is 13.7. The third-order valence-corrected chi connectivity index (χ3v) is 15.2. The molecule has 2 aromatic rings. The van der Waals surface area contributed by atoms with Crippen LogP contribution in [0.1, 0.15) is 106 Å². The monoisotopic (exact) mass is 898 g/mol. The predicted molar refractivity (Wildman–Crippen MR) is 207 cm³/mol. The Hall–Kier alpha value is -2.97. The molecule has 8 fully saturated rings. The van der Waals surface area contributed by atoms with Gasteiger partial charge in [0.05, 0.1) is 13.2 Å². The first-order chi connectivity index (χ1) is 28.9. The van der Waals surface area contributed by atoms with Crippen LogP contribution in [0, 0.1) is 48.3 Å². The van der Waals surface area contributed by atoms with Gasteiger partial charge in [0.25, 0.3) is 0 Å². The number of rotatable bonds is 17. The lowest BCUT2D eigenvalue weighted by Gasteiger charge is -2.62. The third-order valence-electron chi connectivity index (χ3n) is 14.2. The van der Waals surface area contributed by atoms with E-state index in [1.165, 1.54) is 47.9 Å². The molecule has 336 valence electrons. The number of carbonyl (C=O) groups excluding carboxylic acids is 3. The summed E-state index contributed by atoms with van der Waals surface area (Å²) in [5, 5.41) is 16.9. The first-order valence-corrected chi connectivity index (χ1v) is 22.1. The number of ether oxygens (including phenoxy) is 3. The maximum atomic E-state index is 13.5. The lowest BCUT2D eigenvalue weighted by molar-refractivity contribution is -0.777. The standard InChI is InChI=1S/C22H26F2O7S.C21H26F2O5S/c1-14-2-4-17(5-3-14)21-9-15-6-16(10-21)8-20(7-15,12-21)13-29-18(25)11-28-19(26)22(23,24)32-31-30-27;1-14-2-4-17(5-3-14)20-11-15-8-16(12-20)10-19(9-15,13-20)6-7-26-18(24)21(22,23)29-28-27-25/h2-5,15-16,27H,6-13H2,1H3;2-5,15-16,25H,6-13H2,1H3/p-2. The molecule has 0 N–H and O–H groups in total. The lowest BCUT2D eigenvalue weighted by atomic mass is 9.42. The smallest absolute Gasteiger partial charge is 0.415 e. The number of alkyl halides is 4. The van der Waals surface area contributed by atoms with Gasteiger partial charge in [0.1, 0.15) is 24.1 Å². The SMILES string of the molecule is Cc1ccc(C23CC4CC(CC(CCOC(=O)C(F)(F)SOO[O-])(C4)C2)C3)cc1.Cc1ccc(C23CC4CC(CC(COC(=O)COC(=O)C(F)(F)SOO[O-])(C4)C2)C3)cc1.